The molecule has 0 unspecified atom stereocenters. The van der Waals surface area contributed by atoms with Gasteiger partial charge in [-0.15, -0.1) is 0 Å². The Bertz CT molecular complexity index is 733. The zero-order chi connectivity index (χ0) is 17.6. The second kappa shape index (κ2) is 7.98. The average molecular weight is 344 g/mol. The summed E-state index contributed by atoms with van der Waals surface area (Å²) in [4.78, 5) is 13.5. The fourth-order valence-corrected chi connectivity index (χ4v) is 2.74. The maximum Gasteiger partial charge on any atom is 0.274 e. The van der Waals surface area contributed by atoms with Gasteiger partial charge in [-0.1, -0.05) is 18.2 Å². The normalized spacial score (nSPS) is 12.4. The van der Waals surface area contributed by atoms with Gasteiger partial charge in [0.1, 0.15) is 0 Å². The molecule has 3 rings (SSSR count). The first-order valence-electron chi connectivity index (χ1n) is 7.94. The Balaban J connectivity index is 1.67. The van der Waals surface area contributed by atoms with E-state index < -0.39 is 5.91 Å². The predicted octanol–water partition coefficient (Wildman–Crippen LogP) is 1.53. The Morgan fingerprint density at radius 3 is 2.44 bits per heavy atom. The number of hydrogen-bond acceptors (Lipinski definition) is 6. The van der Waals surface area contributed by atoms with Gasteiger partial charge < -0.3 is 14.6 Å². The van der Waals surface area contributed by atoms with E-state index in [1.54, 1.807) is 17.6 Å². The fourth-order valence-electron chi connectivity index (χ4n) is 2.74. The van der Waals surface area contributed by atoms with Gasteiger partial charge in [0.2, 0.25) is 6.79 Å². The largest absolute Gasteiger partial charge is 0.454 e. The molecule has 25 heavy (non-hydrogen) atoms. The van der Waals surface area contributed by atoms with E-state index in [2.05, 4.69) is 4.90 Å². The number of amides is 1. The number of aliphatic hydroxyl groups is 1. The molecule has 0 bridgehead atoms. The standard InChI is InChI=1S/C18H20N2O5/c21-8-7-20(10-13-1-4-15(5-2-13)18(22)19-23)11-14-3-6-16-17(9-14)25-12-24-16/h1-6,9,21,23H,7-8,10-12H2,(H,19,22). The number of carbonyl (C=O) groups excluding carboxylic acids is 1. The maximum atomic E-state index is 11.4. The SMILES string of the molecule is O=C(NO)c1ccc(CN(CCO)Cc2ccc3c(c2)OCO3)cc1. The number of nitrogens with zero attached hydrogens (tertiary/aromatic N) is 1. The first kappa shape index (κ1) is 17.2. The minimum absolute atomic E-state index is 0.0511. The number of nitrogens with one attached hydrogen (secondary N) is 1. The summed E-state index contributed by atoms with van der Waals surface area (Å²) in [6.07, 6.45) is 0. The van der Waals surface area contributed by atoms with Crippen molar-refractivity contribution in [3.63, 3.8) is 0 Å². The zero-order valence-electron chi connectivity index (χ0n) is 13.6. The number of hydroxylamine groups is 1. The summed E-state index contributed by atoms with van der Waals surface area (Å²) in [5.41, 5.74) is 4.06. The molecule has 2 aromatic carbocycles. The fraction of sp³-hybridized carbons (Fsp3) is 0.278. The Hall–Kier alpha value is -2.61. The molecule has 1 heterocycles. The molecule has 0 saturated heterocycles. The van der Waals surface area contributed by atoms with Crippen molar-refractivity contribution < 1.29 is 24.6 Å². The van der Waals surface area contributed by atoms with Crippen LogP contribution in [0.15, 0.2) is 42.5 Å². The van der Waals surface area contributed by atoms with Gasteiger partial charge in [0, 0.05) is 25.2 Å². The number of rotatable bonds is 7. The van der Waals surface area contributed by atoms with Gasteiger partial charge in [0.05, 0.1) is 6.61 Å². The van der Waals surface area contributed by atoms with Crippen LogP contribution in [0, 0.1) is 0 Å². The highest BCUT2D eigenvalue weighted by Gasteiger charge is 2.15. The number of aliphatic hydroxyl groups excluding tert-OH is 1. The van der Waals surface area contributed by atoms with Crippen LogP contribution in [0.25, 0.3) is 0 Å². The second-order valence-corrected chi connectivity index (χ2v) is 5.76. The van der Waals surface area contributed by atoms with Crippen molar-refractivity contribution in [1.82, 2.24) is 10.4 Å². The Morgan fingerprint density at radius 1 is 1.04 bits per heavy atom. The topological polar surface area (TPSA) is 91.3 Å². The number of benzene rings is 2. The summed E-state index contributed by atoms with van der Waals surface area (Å²) in [5.74, 6) is 0.940. The van der Waals surface area contributed by atoms with Gasteiger partial charge >= 0.3 is 0 Å². The molecule has 0 fully saturated rings. The molecule has 1 aliphatic heterocycles. The van der Waals surface area contributed by atoms with E-state index in [0.717, 1.165) is 22.6 Å². The van der Waals surface area contributed by atoms with E-state index in [9.17, 15) is 9.90 Å². The van der Waals surface area contributed by atoms with Gasteiger partial charge in [-0.05, 0) is 35.4 Å². The lowest BCUT2D eigenvalue weighted by Gasteiger charge is -2.21. The lowest BCUT2D eigenvalue weighted by Crippen LogP contribution is -2.26. The van der Waals surface area contributed by atoms with Crippen LogP contribution in [0.3, 0.4) is 0 Å². The molecule has 1 amide bonds. The van der Waals surface area contributed by atoms with Crippen LogP contribution >= 0.6 is 0 Å². The molecular formula is C18H20N2O5. The number of hydrogen-bond donors (Lipinski definition) is 3. The molecule has 1 aliphatic rings. The van der Waals surface area contributed by atoms with Crippen molar-refractivity contribution in [3.8, 4) is 11.5 Å². The molecule has 3 N–H and O–H groups in total. The molecule has 0 aliphatic carbocycles. The van der Waals surface area contributed by atoms with Crippen molar-refractivity contribution >= 4 is 5.91 Å². The molecule has 7 nitrogen and oxygen atoms in total. The highest BCUT2D eigenvalue weighted by atomic mass is 16.7. The van der Waals surface area contributed by atoms with Crippen LogP contribution in [-0.2, 0) is 13.1 Å². The van der Waals surface area contributed by atoms with E-state index in [1.807, 2.05) is 30.3 Å². The van der Waals surface area contributed by atoms with Crippen molar-refractivity contribution in [2.24, 2.45) is 0 Å². The number of carbonyl (C=O) groups is 1. The van der Waals surface area contributed by atoms with Gasteiger partial charge in [-0.3, -0.25) is 14.9 Å². The van der Waals surface area contributed by atoms with Gasteiger partial charge in [0.15, 0.2) is 11.5 Å². The highest BCUT2D eigenvalue weighted by molar-refractivity contribution is 5.93. The Morgan fingerprint density at radius 2 is 1.72 bits per heavy atom. The lowest BCUT2D eigenvalue weighted by atomic mass is 10.1. The number of fused-ring (bicyclic) bond motifs is 1. The summed E-state index contributed by atoms with van der Waals surface area (Å²) in [7, 11) is 0. The van der Waals surface area contributed by atoms with Gasteiger partial charge in [-0.2, -0.15) is 0 Å². The van der Waals surface area contributed by atoms with Crippen LogP contribution in [0.5, 0.6) is 11.5 Å². The third-order valence-electron chi connectivity index (χ3n) is 3.98. The van der Waals surface area contributed by atoms with E-state index in [-0.39, 0.29) is 13.4 Å². The molecule has 132 valence electrons. The van der Waals surface area contributed by atoms with Gasteiger partial charge in [-0.25, -0.2) is 5.48 Å². The summed E-state index contributed by atoms with van der Waals surface area (Å²) in [6.45, 7) is 2.09. The molecule has 2 aromatic rings. The third kappa shape index (κ3) is 4.27. The smallest absolute Gasteiger partial charge is 0.274 e. The molecule has 7 heteroatoms. The summed E-state index contributed by atoms with van der Waals surface area (Å²) in [6, 6.07) is 12.8. The van der Waals surface area contributed by atoms with Crippen LogP contribution in [0.4, 0.5) is 0 Å². The minimum atomic E-state index is -0.542. The van der Waals surface area contributed by atoms with Gasteiger partial charge in [0.25, 0.3) is 5.91 Å². The van der Waals surface area contributed by atoms with Crippen LogP contribution < -0.4 is 15.0 Å². The second-order valence-electron chi connectivity index (χ2n) is 5.76. The van der Waals surface area contributed by atoms with E-state index in [1.165, 1.54) is 0 Å². The lowest BCUT2D eigenvalue weighted by molar-refractivity contribution is 0.0706. The molecule has 0 saturated carbocycles. The van der Waals surface area contributed by atoms with Crippen LogP contribution in [0.2, 0.25) is 0 Å². The van der Waals surface area contributed by atoms with Crippen molar-refractivity contribution in [1.29, 1.82) is 0 Å². The van der Waals surface area contributed by atoms with Crippen molar-refractivity contribution in [2.45, 2.75) is 13.1 Å². The maximum absolute atomic E-state index is 11.4. The molecule has 0 radical (unpaired) electrons. The molecule has 0 aromatic heterocycles. The summed E-state index contributed by atoms with van der Waals surface area (Å²) < 4.78 is 10.7. The quantitative estimate of drug-likeness (QED) is 0.521. The minimum Gasteiger partial charge on any atom is -0.454 e. The Labute approximate surface area is 145 Å². The molecule has 0 atom stereocenters. The van der Waals surface area contributed by atoms with Crippen LogP contribution in [0.1, 0.15) is 21.5 Å². The van der Waals surface area contributed by atoms with E-state index >= 15 is 0 Å². The average Bonchev–Trinajstić information content (AvgIpc) is 3.09. The van der Waals surface area contributed by atoms with Crippen LogP contribution in [-0.4, -0.2) is 41.1 Å². The molecular weight excluding hydrogens is 324 g/mol. The first-order valence-corrected chi connectivity index (χ1v) is 7.94. The third-order valence-corrected chi connectivity index (χ3v) is 3.98. The zero-order valence-corrected chi connectivity index (χ0v) is 13.6. The van der Waals surface area contributed by atoms with E-state index in [4.69, 9.17) is 14.7 Å². The molecule has 0 spiro atoms. The monoisotopic (exact) mass is 344 g/mol. The first-order chi connectivity index (χ1) is 12.2. The van der Waals surface area contributed by atoms with Crippen molar-refractivity contribution in [2.75, 3.05) is 19.9 Å². The highest BCUT2D eigenvalue weighted by Crippen LogP contribution is 2.32. The van der Waals surface area contributed by atoms with E-state index in [0.29, 0.717) is 25.2 Å². The number of ether oxygens (including phenoxy) is 2. The summed E-state index contributed by atoms with van der Waals surface area (Å²) in [5, 5.41) is 18.0. The Kier molecular flexibility index (Phi) is 5.49. The predicted molar refractivity (Wildman–Crippen MR) is 89.5 cm³/mol. The van der Waals surface area contributed by atoms with Crippen molar-refractivity contribution in [3.05, 3.63) is 59.2 Å². The summed E-state index contributed by atoms with van der Waals surface area (Å²) >= 11 is 0.